The van der Waals surface area contributed by atoms with Crippen molar-refractivity contribution in [2.45, 2.75) is 57.0 Å². The fraction of sp³-hybridized carbons (Fsp3) is 0.478. The minimum absolute atomic E-state index is 0.0966. The number of nitrogens with one attached hydrogen (secondary N) is 3. The zero-order chi connectivity index (χ0) is 21.5. The van der Waals surface area contributed by atoms with Crippen molar-refractivity contribution in [3.8, 4) is 11.6 Å². The van der Waals surface area contributed by atoms with Crippen LogP contribution >= 0.6 is 0 Å². The summed E-state index contributed by atoms with van der Waals surface area (Å²) in [6, 6.07) is 5.22. The Balaban J connectivity index is 1.65. The molecular formula is C23H28N4O4. The molecule has 0 radical (unpaired) electrons. The summed E-state index contributed by atoms with van der Waals surface area (Å²) < 4.78 is 6.78. The van der Waals surface area contributed by atoms with Gasteiger partial charge >= 0.3 is 5.69 Å². The Labute approximate surface area is 179 Å². The first-order valence-electron chi connectivity index (χ1n) is 11.1. The number of benzene rings is 1. The Morgan fingerprint density at radius 2 is 1.87 bits per heavy atom. The predicted octanol–water partition coefficient (Wildman–Crippen LogP) is 2.86. The summed E-state index contributed by atoms with van der Waals surface area (Å²) in [7, 11) is 1.64. The number of nitrogens with zero attached hydrogens (tertiary/aromatic N) is 1. The van der Waals surface area contributed by atoms with Crippen LogP contribution in [-0.4, -0.2) is 33.3 Å². The Morgan fingerprint density at radius 3 is 2.61 bits per heavy atom. The van der Waals surface area contributed by atoms with Crippen LogP contribution < -0.4 is 21.3 Å². The standard InChI is InChI=1S/C23H28N4O4/c1-31-14-8-9-17-16(12-14)15-10-11-24-20(19(15)25-17)18-21(28)26-23(30)27(22(18)29)13-6-4-2-3-5-7-13/h8-9,12-13,20,24-25,29H,2-7,10-11H2,1H3,(H,26,28,30)/t20-/m0/s1. The number of rotatable bonds is 3. The summed E-state index contributed by atoms with van der Waals surface area (Å²) in [6.45, 7) is 0.656. The predicted molar refractivity (Wildman–Crippen MR) is 118 cm³/mol. The minimum Gasteiger partial charge on any atom is -0.497 e. The highest BCUT2D eigenvalue weighted by atomic mass is 16.5. The van der Waals surface area contributed by atoms with Crippen LogP contribution in [0.25, 0.3) is 10.9 Å². The molecule has 0 spiro atoms. The van der Waals surface area contributed by atoms with Gasteiger partial charge in [-0.25, -0.2) is 4.79 Å². The lowest BCUT2D eigenvalue weighted by Crippen LogP contribution is -2.40. The monoisotopic (exact) mass is 424 g/mol. The van der Waals surface area contributed by atoms with E-state index < -0.39 is 17.3 Å². The molecule has 0 unspecified atom stereocenters. The highest BCUT2D eigenvalue weighted by molar-refractivity contribution is 5.86. The number of fused-ring (bicyclic) bond motifs is 3. The smallest absolute Gasteiger partial charge is 0.331 e. The van der Waals surface area contributed by atoms with Crippen molar-refractivity contribution in [2.75, 3.05) is 13.7 Å². The third-order valence-electron chi connectivity index (χ3n) is 6.79. The van der Waals surface area contributed by atoms with Crippen molar-refractivity contribution in [2.24, 2.45) is 0 Å². The summed E-state index contributed by atoms with van der Waals surface area (Å²) >= 11 is 0. The molecule has 0 bridgehead atoms. The average molecular weight is 425 g/mol. The van der Waals surface area contributed by atoms with Crippen LogP contribution in [0.15, 0.2) is 27.8 Å². The molecule has 1 saturated carbocycles. The van der Waals surface area contributed by atoms with Gasteiger partial charge in [-0.3, -0.25) is 14.3 Å². The van der Waals surface area contributed by atoms with Crippen molar-refractivity contribution < 1.29 is 9.84 Å². The molecule has 8 heteroatoms. The first-order chi connectivity index (χ1) is 15.1. The third-order valence-corrected chi connectivity index (χ3v) is 6.79. The lowest BCUT2D eigenvalue weighted by Gasteiger charge is -2.27. The quantitative estimate of drug-likeness (QED) is 0.483. The summed E-state index contributed by atoms with van der Waals surface area (Å²) in [5.74, 6) is 0.550. The molecule has 3 heterocycles. The van der Waals surface area contributed by atoms with Crippen LogP contribution in [0.4, 0.5) is 0 Å². The number of hydrogen-bond acceptors (Lipinski definition) is 5. The van der Waals surface area contributed by atoms with Gasteiger partial charge in [-0.2, -0.15) is 0 Å². The molecule has 1 atom stereocenters. The molecular weight excluding hydrogens is 396 g/mol. The second kappa shape index (κ2) is 7.92. The molecule has 0 saturated heterocycles. The van der Waals surface area contributed by atoms with Gasteiger partial charge in [-0.05, 0) is 43.0 Å². The Morgan fingerprint density at radius 1 is 1.10 bits per heavy atom. The molecule has 1 fully saturated rings. The van der Waals surface area contributed by atoms with Gasteiger partial charge < -0.3 is 20.1 Å². The van der Waals surface area contributed by atoms with E-state index in [1.165, 1.54) is 4.57 Å². The molecule has 1 aliphatic heterocycles. The molecule has 2 aliphatic rings. The molecule has 3 aromatic rings. The SMILES string of the molecule is COc1ccc2[nH]c3c(c2c1)CCN[C@H]3c1c(O)n(C2CCCCCC2)c(=O)[nH]c1=O. The first kappa shape index (κ1) is 19.9. The number of H-pyrrole nitrogens is 2. The maximum atomic E-state index is 12.9. The Kier molecular flexibility index (Phi) is 5.09. The normalized spacial score (nSPS) is 19.8. The van der Waals surface area contributed by atoms with Gasteiger partial charge in [0.25, 0.3) is 5.56 Å². The van der Waals surface area contributed by atoms with Crippen molar-refractivity contribution in [3.63, 3.8) is 0 Å². The molecule has 1 aromatic carbocycles. The molecule has 5 rings (SSSR count). The van der Waals surface area contributed by atoms with E-state index in [1.807, 2.05) is 18.2 Å². The van der Waals surface area contributed by atoms with Gasteiger partial charge in [0.05, 0.1) is 13.2 Å². The fourth-order valence-electron chi connectivity index (χ4n) is 5.25. The van der Waals surface area contributed by atoms with E-state index in [-0.39, 0.29) is 17.5 Å². The van der Waals surface area contributed by atoms with Gasteiger partial charge in [0.2, 0.25) is 5.88 Å². The number of methoxy groups -OCH3 is 1. The van der Waals surface area contributed by atoms with Crippen LogP contribution in [0, 0.1) is 0 Å². The highest BCUT2D eigenvalue weighted by Crippen LogP contribution is 2.37. The number of ether oxygens (including phenoxy) is 1. The van der Waals surface area contributed by atoms with Gasteiger partial charge in [0, 0.05) is 29.2 Å². The number of aromatic hydroxyl groups is 1. The van der Waals surface area contributed by atoms with Crippen LogP contribution in [-0.2, 0) is 6.42 Å². The van der Waals surface area contributed by atoms with E-state index in [1.54, 1.807) is 7.11 Å². The van der Waals surface area contributed by atoms with E-state index in [2.05, 4.69) is 15.3 Å². The molecule has 8 nitrogen and oxygen atoms in total. The van der Waals surface area contributed by atoms with Crippen LogP contribution in [0.1, 0.15) is 67.4 Å². The van der Waals surface area contributed by atoms with Gasteiger partial charge in [0.1, 0.15) is 11.3 Å². The number of aromatic amines is 2. The molecule has 0 amide bonds. The third kappa shape index (κ3) is 3.35. The summed E-state index contributed by atoms with van der Waals surface area (Å²) in [6.07, 6.45) is 6.74. The Bertz CT molecular complexity index is 1230. The maximum Gasteiger partial charge on any atom is 0.331 e. The first-order valence-corrected chi connectivity index (χ1v) is 11.1. The van der Waals surface area contributed by atoms with Crippen LogP contribution in [0.3, 0.4) is 0 Å². The molecule has 31 heavy (non-hydrogen) atoms. The summed E-state index contributed by atoms with van der Waals surface area (Å²) in [5, 5.41) is 15.6. The second-order valence-corrected chi connectivity index (χ2v) is 8.58. The fourth-order valence-corrected chi connectivity index (χ4v) is 5.25. The molecule has 2 aromatic heterocycles. The van der Waals surface area contributed by atoms with E-state index in [0.717, 1.165) is 72.9 Å². The van der Waals surface area contributed by atoms with Gasteiger partial charge in [0.15, 0.2) is 0 Å². The largest absolute Gasteiger partial charge is 0.497 e. The summed E-state index contributed by atoms with van der Waals surface area (Å²) in [5.41, 5.74) is 2.02. The highest BCUT2D eigenvalue weighted by Gasteiger charge is 2.32. The second-order valence-electron chi connectivity index (χ2n) is 8.58. The lowest BCUT2D eigenvalue weighted by molar-refractivity contribution is 0.329. The van der Waals surface area contributed by atoms with E-state index in [0.29, 0.717) is 6.54 Å². The van der Waals surface area contributed by atoms with Crippen molar-refractivity contribution >= 4 is 10.9 Å². The Hall–Kier alpha value is -3.00. The van der Waals surface area contributed by atoms with Gasteiger partial charge in [-0.15, -0.1) is 0 Å². The molecule has 1 aliphatic carbocycles. The maximum absolute atomic E-state index is 12.9. The van der Waals surface area contributed by atoms with Crippen molar-refractivity contribution in [1.29, 1.82) is 0 Å². The van der Waals surface area contributed by atoms with E-state index in [9.17, 15) is 14.7 Å². The van der Waals surface area contributed by atoms with Crippen molar-refractivity contribution in [3.05, 3.63) is 55.9 Å². The number of hydrogen-bond donors (Lipinski definition) is 4. The zero-order valence-electron chi connectivity index (χ0n) is 17.7. The molecule has 4 N–H and O–H groups in total. The van der Waals surface area contributed by atoms with E-state index in [4.69, 9.17) is 4.74 Å². The zero-order valence-corrected chi connectivity index (χ0v) is 17.7. The van der Waals surface area contributed by atoms with Gasteiger partial charge in [-0.1, -0.05) is 25.7 Å². The van der Waals surface area contributed by atoms with E-state index >= 15 is 0 Å². The number of aromatic nitrogens is 3. The lowest BCUT2D eigenvalue weighted by atomic mass is 9.95. The molecule has 164 valence electrons. The van der Waals surface area contributed by atoms with Crippen molar-refractivity contribution in [1.82, 2.24) is 19.9 Å². The van der Waals surface area contributed by atoms with Crippen LogP contribution in [0.2, 0.25) is 0 Å². The summed E-state index contributed by atoms with van der Waals surface area (Å²) in [4.78, 5) is 31.4. The van der Waals surface area contributed by atoms with Crippen LogP contribution in [0.5, 0.6) is 11.6 Å². The minimum atomic E-state index is -0.547. The topological polar surface area (TPSA) is 112 Å². The average Bonchev–Trinajstić information content (AvgIpc) is 2.92.